The zero-order valence-electron chi connectivity index (χ0n) is 11.1. The van der Waals surface area contributed by atoms with Crippen molar-refractivity contribution in [3.05, 3.63) is 56.3 Å². The van der Waals surface area contributed by atoms with Crippen molar-refractivity contribution in [2.24, 2.45) is 5.92 Å². The second kappa shape index (κ2) is 4.94. The molecular formula is C15H15ClN2O2. The lowest BCUT2D eigenvalue weighted by Gasteiger charge is -2.08. The number of nitrogens with zero attached hydrogens (tertiary/aromatic N) is 1. The Hall–Kier alpha value is -1.81. The van der Waals surface area contributed by atoms with Crippen molar-refractivity contribution in [2.45, 2.75) is 25.8 Å². The summed E-state index contributed by atoms with van der Waals surface area (Å²) in [5.74, 6) is 0.415. The number of nitrogens with one attached hydrogen (secondary N) is 1. The van der Waals surface area contributed by atoms with Crippen molar-refractivity contribution < 1.29 is 0 Å². The van der Waals surface area contributed by atoms with E-state index in [1.54, 1.807) is 0 Å². The van der Waals surface area contributed by atoms with Crippen LogP contribution in [0.25, 0.3) is 11.1 Å². The highest BCUT2D eigenvalue weighted by Crippen LogP contribution is 2.44. The molecule has 0 aliphatic heterocycles. The SMILES string of the molecule is CCC1CC1n1c(=O)[nH]c(Cl)c(-c2ccccc2)c1=O. The summed E-state index contributed by atoms with van der Waals surface area (Å²) < 4.78 is 1.32. The van der Waals surface area contributed by atoms with E-state index in [0.29, 0.717) is 11.5 Å². The van der Waals surface area contributed by atoms with Crippen molar-refractivity contribution in [3.8, 4) is 11.1 Å². The summed E-state index contributed by atoms with van der Waals surface area (Å²) >= 11 is 6.07. The van der Waals surface area contributed by atoms with Gasteiger partial charge in [0, 0.05) is 6.04 Å². The van der Waals surface area contributed by atoms with Crippen LogP contribution in [-0.2, 0) is 0 Å². The molecule has 0 spiro atoms. The molecule has 1 aromatic heterocycles. The van der Waals surface area contributed by atoms with Gasteiger partial charge >= 0.3 is 5.69 Å². The maximum Gasteiger partial charge on any atom is 0.329 e. The number of hydrogen-bond acceptors (Lipinski definition) is 2. The molecule has 104 valence electrons. The van der Waals surface area contributed by atoms with Crippen molar-refractivity contribution in [1.82, 2.24) is 9.55 Å². The van der Waals surface area contributed by atoms with Gasteiger partial charge in [-0.15, -0.1) is 0 Å². The largest absolute Gasteiger partial charge is 0.329 e. The third-order valence-electron chi connectivity index (χ3n) is 3.89. The Morgan fingerprint density at radius 3 is 2.60 bits per heavy atom. The summed E-state index contributed by atoms with van der Waals surface area (Å²) in [5.41, 5.74) is 0.376. The van der Waals surface area contributed by atoms with Crippen LogP contribution in [0, 0.1) is 5.92 Å². The molecule has 1 N–H and O–H groups in total. The van der Waals surface area contributed by atoms with Crippen molar-refractivity contribution in [3.63, 3.8) is 0 Å². The van der Waals surface area contributed by atoms with Gasteiger partial charge in [0.15, 0.2) is 0 Å². The first kappa shape index (κ1) is 13.2. The van der Waals surface area contributed by atoms with Crippen LogP contribution < -0.4 is 11.2 Å². The fourth-order valence-corrected chi connectivity index (χ4v) is 2.94. The van der Waals surface area contributed by atoms with E-state index in [1.807, 2.05) is 30.3 Å². The Morgan fingerprint density at radius 2 is 2.00 bits per heavy atom. The number of halogens is 1. The van der Waals surface area contributed by atoms with Crippen LogP contribution in [0.2, 0.25) is 5.15 Å². The lowest BCUT2D eigenvalue weighted by molar-refractivity contribution is 0.592. The minimum atomic E-state index is -0.416. The lowest BCUT2D eigenvalue weighted by atomic mass is 10.1. The van der Waals surface area contributed by atoms with Crippen molar-refractivity contribution in [1.29, 1.82) is 0 Å². The van der Waals surface area contributed by atoms with Crippen LogP contribution in [0.3, 0.4) is 0 Å². The van der Waals surface area contributed by atoms with E-state index in [4.69, 9.17) is 11.6 Å². The smallest absolute Gasteiger partial charge is 0.297 e. The third kappa shape index (κ3) is 2.10. The maximum atomic E-state index is 12.6. The molecule has 1 aromatic carbocycles. The standard InChI is InChI=1S/C15H15ClN2O2/c1-2-9-8-11(9)18-14(19)12(13(16)17-15(18)20)10-6-4-3-5-7-10/h3-7,9,11H,2,8H2,1H3,(H,17,20). The quantitative estimate of drug-likeness (QED) is 0.884. The Kier molecular flexibility index (Phi) is 3.26. The molecule has 20 heavy (non-hydrogen) atoms. The average molecular weight is 291 g/mol. The second-order valence-corrected chi connectivity index (χ2v) is 5.51. The predicted molar refractivity (Wildman–Crippen MR) is 79.2 cm³/mol. The van der Waals surface area contributed by atoms with Crippen LogP contribution in [0.4, 0.5) is 0 Å². The Labute approximate surface area is 121 Å². The molecule has 1 aliphatic rings. The van der Waals surface area contributed by atoms with Gasteiger partial charge in [0.25, 0.3) is 5.56 Å². The van der Waals surface area contributed by atoms with Gasteiger partial charge in [-0.2, -0.15) is 0 Å². The highest BCUT2D eigenvalue weighted by Gasteiger charge is 2.39. The highest BCUT2D eigenvalue weighted by atomic mass is 35.5. The molecule has 2 unspecified atom stereocenters. The zero-order valence-corrected chi connectivity index (χ0v) is 11.9. The minimum Gasteiger partial charge on any atom is -0.297 e. The van der Waals surface area contributed by atoms with Gasteiger partial charge in [0.2, 0.25) is 0 Å². The van der Waals surface area contributed by atoms with Gasteiger partial charge < -0.3 is 0 Å². The molecule has 1 heterocycles. The summed E-state index contributed by atoms with van der Waals surface area (Å²) in [4.78, 5) is 27.2. The van der Waals surface area contributed by atoms with Gasteiger partial charge in [-0.05, 0) is 17.9 Å². The number of H-pyrrole nitrogens is 1. The summed E-state index contributed by atoms with van der Waals surface area (Å²) in [5, 5.41) is 0.108. The van der Waals surface area contributed by atoms with Crippen LogP contribution >= 0.6 is 11.6 Å². The normalized spacial score (nSPS) is 20.9. The summed E-state index contributed by atoms with van der Waals surface area (Å²) in [6.07, 6.45) is 1.86. The van der Waals surface area contributed by atoms with E-state index >= 15 is 0 Å². The molecule has 2 aromatic rings. The van der Waals surface area contributed by atoms with Gasteiger partial charge in [-0.3, -0.25) is 14.3 Å². The fraction of sp³-hybridized carbons (Fsp3) is 0.333. The van der Waals surface area contributed by atoms with Gasteiger partial charge in [0.05, 0.1) is 5.56 Å². The fourth-order valence-electron chi connectivity index (χ4n) is 2.67. The molecule has 1 aliphatic carbocycles. The van der Waals surface area contributed by atoms with E-state index in [0.717, 1.165) is 18.4 Å². The predicted octanol–water partition coefficient (Wildman–Crippen LogP) is 2.83. The highest BCUT2D eigenvalue weighted by molar-refractivity contribution is 6.32. The third-order valence-corrected chi connectivity index (χ3v) is 4.17. The molecule has 4 nitrogen and oxygen atoms in total. The first-order valence-corrected chi connectivity index (χ1v) is 7.11. The molecule has 1 fully saturated rings. The van der Waals surface area contributed by atoms with E-state index in [9.17, 15) is 9.59 Å². The number of hydrogen-bond donors (Lipinski definition) is 1. The molecule has 1 saturated carbocycles. The molecule has 3 rings (SSSR count). The van der Waals surface area contributed by atoms with Crippen LogP contribution in [0.5, 0.6) is 0 Å². The first-order valence-electron chi connectivity index (χ1n) is 6.73. The number of rotatable bonds is 3. The van der Waals surface area contributed by atoms with Gasteiger partial charge in [-0.1, -0.05) is 55.3 Å². The first-order chi connectivity index (χ1) is 9.63. The lowest BCUT2D eigenvalue weighted by Crippen LogP contribution is -2.36. The molecule has 5 heteroatoms. The average Bonchev–Trinajstić information content (AvgIpc) is 3.18. The zero-order chi connectivity index (χ0) is 14.3. The van der Waals surface area contributed by atoms with Gasteiger partial charge in [0.1, 0.15) is 5.15 Å². The Bertz CT molecular complexity index is 749. The van der Waals surface area contributed by atoms with Crippen molar-refractivity contribution in [2.75, 3.05) is 0 Å². The topological polar surface area (TPSA) is 54.9 Å². The molecule has 0 saturated heterocycles. The second-order valence-electron chi connectivity index (χ2n) is 5.13. The van der Waals surface area contributed by atoms with Crippen LogP contribution in [0.15, 0.2) is 39.9 Å². The molecular weight excluding hydrogens is 276 g/mol. The Morgan fingerprint density at radius 1 is 1.30 bits per heavy atom. The Balaban J connectivity index is 2.20. The molecule has 0 radical (unpaired) electrons. The number of aromatic amines is 1. The van der Waals surface area contributed by atoms with Crippen LogP contribution in [-0.4, -0.2) is 9.55 Å². The molecule has 0 bridgehead atoms. The van der Waals surface area contributed by atoms with Crippen LogP contribution in [0.1, 0.15) is 25.8 Å². The molecule has 2 atom stereocenters. The van der Waals surface area contributed by atoms with Crippen molar-refractivity contribution >= 4 is 11.6 Å². The molecule has 0 amide bonds. The monoisotopic (exact) mass is 290 g/mol. The summed E-state index contributed by atoms with van der Waals surface area (Å²) in [7, 11) is 0. The van der Waals surface area contributed by atoms with E-state index in [-0.39, 0.29) is 16.8 Å². The summed E-state index contributed by atoms with van der Waals surface area (Å²) in [6.45, 7) is 2.07. The van der Waals surface area contributed by atoms with E-state index < -0.39 is 5.69 Å². The van der Waals surface area contributed by atoms with E-state index in [2.05, 4.69) is 11.9 Å². The maximum absolute atomic E-state index is 12.6. The van der Waals surface area contributed by atoms with E-state index in [1.165, 1.54) is 4.57 Å². The number of aromatic nitrogens is 2. The number of benzene rings is 1. The minimum absolute atomic E-state index is 0.0102. The summed E-state index contributed by atoms with van der Waals surface area (Å²) in [6, 6.07) is 9.19. The van der Waals surface area contributed by atoms with Gasteiger partial charge in [-0.25, -0.2) is 4.79 Å².